The van der Waals surface area contributed by atoms with E-state index in [1.807, 2.05) is 0 Å². The maximum absolute atomic E-state index is 13.0. The molecule has 1 fully saturated rings. The number of imidazole rings is 1. The lowest BCUT2D eigenvalue weighted by Crippen LogP contribution is -2.26. The van der Waals surface area contributed by atoms with Crippen molar-refractivity contribution in [3.63, 3.8) is 0 Å². The molecule has 0 aliphatic carbocycles. The normalized spacial score (nSPS) is 16.3. The van der Waals surface area contributed by atoms with Crippen LogP contribution in [0.25, 0.3) is 0 Å². The van der Waals surface area contributed by atoms with Gasteiger partial charge >= 0.3 is 0 Å². The van der Waals surface area contributed by atoms with E-state index in [9.17, 15) is 13.2 Å². The van der Waals surface area contributed by atoms with Gasteiger partial charge in [-0.2, -0.15) is 0 Å². The number of aromatic nitrogens is 3. The van der Waals surface area contributed by atoms with Crippen LogP contribution in [-0.2, 0) is 19.6 Å². The number of carbonyl (C=O) groups is 1. The topological polar surface area (TPSA) is 103 Å². The Morgan fingerprint density at radius 1 is 1.23 bits per heavy atom. The summed E-state index contributed by atoms with van der Waals surface area (Å²) >= 11 is 1.36. The summed E-state index contributed by atoms with van der Waals surface area (Å²) in [6.07, 6.45) is 8.19. The zero-order valence-electron chi connectivity index (χ0n) is 16.2. The van der Waals surface area contributed by atoms with Gasteiger partial charge in [-0.05, 0) is 42.9 Å². The molecule has 1 aromatic carbocycles. The molecular weight excluding hydrogens is 424 g/mol. The van der Waals surface area contributed by atoms with E-state index < -0.39 is 15.9 Å². The van der Waals surface area contributed by atoms with Crippen LogP contribution < -0.4 is 5.32 Å². The van der Waals surface area contributed by atoms with Crippen molar-refractivity contribution in [3.8, 4) is 0 Å². The Hall–Kier alpha value is -2.56. The SMILES string of the molecule is O=C(Nc1nccs1)C(CC1CCOCC1)c1ccc(S(=O)(=O)n2ccnc2)cc1. The van der Waals surface area contributed by atoms with E-state index in [1.165, 1.54) is 30.1 Å². The lowest BCUT2D eigenvalue weighted by Gasteiger charge is -2.26. The predicted molar refractivity (Wildman–Crippen MR) is 113 cm³/mol. The van der Waals surface area contributed by atoms with Crippen molar-refractivity contribution >= 4 is 32.4 Å². The number of hydrogen-bond donors (Lipinski definition) is 1. The fraction of sp³-hybridized carbons (Fsp3) is 0.350. The van der Waals surface area contributed by atoms with Crippen LogP contribution in [-0.4, -0.2) is 41.5 Å². The van der Waals surface area contributed by atoms with Gasteiger partial charge in [0.2, 0.25) is 5.91 Å². The van der Waals surface area contributed by atoms with Crippen LogP contribution >= 0.6 is 11.3 Å². The average Bonchev–Trinajstić information content (AvgIpc) is 3.47. The van der Waals surface area contributed by atoms with Crippen LogP contribution in [0, 0.1) is 5.92 Å². The number of thiazole rings is 1. The number of rotatable bonds is 7. The van der Waals surface area contributed by atoms with Crippen LogP contribution in [0.2, 0.25) is 0 Å². The smallest absolute Gasteiger partial charge is 0.268 e. The second kappa shape index (κ2) is 9.07. The first-order valence-electron chi connectivity index (χ1n) is 9.65. The van der Waals surface area contributed by atoms with E-state index in [-0.39, 0.29) is 10.8 Å². The van der Waals surface area contributed by atoms with Crippen molar-refractivity contribution in [1.82, 2.24) is 13.9 Å². The third kappa shape index (κ3) is 4.61. The molecule has 3 heterocycles. The van der Waals surface area contributed by atoms with Gasteiger partial charge in [-0.25, -0.2) is 22.4 Å². The maximum Gasteiger partial charge on any atom is 0.268 e. The molecule has 1 aliphatic rings. The highest BCUT2D eigenvalue weighted by Gasteiger charge is 2.27. The Balaban J connectivity index is 1.58. The number of ether oxygens (including phenoxy) is 1. The fourth-order valence-electron chi connectivity index (χ4n) is 3.57. The minimum absolute atomic E-state index is 0.137. The number of hydrogen-bond acceptors (Lipinski definition) is 7. The van der Waals surface area contributed by atoms with Crippen LogP contribution in [0.3, 0.4) is 0 Å². The highest BCUT2D eigenvalue weighted by molar-refractivity contribution is 7.90. The molecule has 3 aromatic rings. The molecule has 0 radical (unpaired) electrons. The van der Waals surface area contributed by atoms with Crippen molar-refractivity contribution in [3.05, 3.63) is 60.1 Å². The summed E-state index contributed by atoms with van der Waals surface area (Å²) in [6, 6.07) is 6.51. The minimum Gasteiger partial charge on any atom is -0.381 e. The molecule has 0 saturated carbocycles. The molecule has 1 atom stereocenters. The van der Waals surface area contributed by atoms with Gasteiger partial charge in [0.25, 0.3) is 10.0 Å². The van der Waals surface area contributed by atoms with Crippen molar-refractivity contribution in [2.24, 2.45) is 5.92 Å². The second-order valence-corrected chi connectivity index (χ2v) is 9.87. The summed E-state index contributed by atoms with van der Waals surface area (Å²) in [7, 11) is -3.70. The predicted octanol–water partition coefficient (Wildman–Crippen LogP) is 3.12. The van der Waals surface area contributed by atoms with Crippen molar-refractivity contribution in [2.45, 2.75) is 30.1 Å². The maximum atomic E-state index is 13.0. The summed E-state index contributed by atoms with van der Waals surface area (Å²) in [6.45, 7) is 1.40. The molecular formula is C20H22N4O4S2. The first kappa shape index (κ1) is 20.7. The second-order valence-electron chi connectivity index (χ2n) is 7.14. The zero-order chi connectivity index (χ0) is 21.0. The molecule has 8 nitrogen and oxygen atoms in total. The fourth-order valence-corrected chi connectivity index (χ4v) is 5.22. The molecule has 1 N–H and O–H groups in total. The average molecular weight is 447 g/mol. The van der Waals surface area contributed by atoms with Gasteiger partial charge < -0.3 is 10.1 Å². The Morgan fingerprint density at radius 3 is 2.63 bits per heavy atom. The first-order valence-corrected chi connectivity index (χ1v) is 12.0. The summed E-state index contributed by atoms with van der Waals surface area (Å²) in [5.74, 6) is -0.163. The molecule has 1 saturated heterocycles. The number of anilines is 1. The Bertz CT molecular complexity index is 1060. The van der Waals surface area contributed by atoms with E-state index in [2.05, 4.69) is 15.3 Å². The van der Waals surface area contributed by atoms with Crippen LogP contribution in [0.15, 0.2) is 59.5 Å². The minimum atomic E-state index is -3.70. The standard InChI is InChI=1S/C20H22N4O4S2/c25-19(23-20-22-8-12-29-20)18(13-15-5-10-28-11-6-15)16-1-3-17(4-2-16)30(26,27)24-9-7-21-14-24/h1-4,7-9,12,14-15,18H,5-6,10-11,13H2,(H,22,23,25). The summed E-state index contributed by atoms with van der Waals surface area (Å²) < 4.78 is 31.8. The summed E-state index contributed by atoms with van der Waals surface area (Å²) in [5.41, 5.74) is 0.778. The van der Waals surface area contributed by atoms with Gasteiger partial charge in [-0.1, -0.05) is 12.1 Å². The van der Waals surface area contributed by atoms with Crippen molar-refractivity contribution in [2.75, 3.05) is 18.5 Å². The van der Waals surface area contributed by atoms with Crippen molar-refractivity contribution < 1.29 is 17.9 Å². The number of amides is 1. The molecule has 1 amide bonds. The van der Waals surface area contributed by atoms with Gasteiger partial charge in [0.1, 0.15) is 6.33 Å². The van der Waals surface area contributed by atoms with Crippen LogP contribution in [0.4, 0.5) is 5.13 Å². The molecule has 30 heavy (non-hydrogen) atoms. The lowest BCUT2D eigenvalue weighted by atomic mass is 9.84. The molecule has 10 heteroatoms. The summed E-state index contributed by atoms with van der Waals surface area (Å²) in [5, 5.41) is 5.24. The number of carbonyl (C=O) groups excluding carboxylic acids is 1. The molecule has 0 spiro atoms. The lowest BCUT2D eigenvalue weighted by molar-refractivity contribution is -0.118. The Morgan fingerprint density at radius 2 is 2.00 bits per heavy atom. The van der Waals surface area contributed by atoms with E-state index in [4.69, 9.17) is 4.74 Å². The molecule has 4 rings (SSSR count). The van der Waals surface area contributed by atoms with Crippen LogP contribution in [0.1, 0.15) is 30.7 Å². The monoisotopic (exact) mass is 446 g/mol. The van der Waals surface area contributed by atoms with E-state index in [1.54, 1.807) is 35.8 Å². The molecule has 0 bridgehead atoms. The van der Waals surface area contributed by atoms with Crippen LogP contribution in [0.5, 0.6) is 0 Å². The Labute approximate surface area is 179 Å². The Kier molecular flexibility index (Phi) is 6.26. The van der Waals surface area contributed by atoms with Gasteiger partial charge in [0, 0.05) is 37.2 Å². The zero-order valence-corrected chi connectivity index (χ0v) is 17.8. The van der Waals surface area contributed by atoms with E-state index in [0.29, 0.717) is 30.7 Å². The van der Waals surface area contributed by atoms with E-state index in [0.717, 1.165) is 22.4 Å². The molecule has 2 aromatic heterocycles. The molecule has 1 unspecified atom stereocenters. The van der Waals surface area contributed by atoms with E-state index >= 15 is 0 Å². The highest BCUT2D eigenvalue weighted by atomic mass is 32.2. The van der Waals surface area contributed by atoms with Gasteiger partial charge in [-0.3, -0.25) is 4.79 Å². The summed E-state index contributed by atoms with van der Waals surface area (Å²) in [4.78, 5) is 21.1. The number of benzene rings is 1. The third-order valence-corrected chi connectivity index (χ3v) is 7.55. The third-order valence-electron chi connectivity index (χ3n) is 5.23. The van der Waals surface area contributed by atoms with Gasteiger partial charge in [-0.15, -0.1) is 11.3 Å². The van der Waals surface area contributed by atoms with Crippen molar-refractivity contribution in [1.29, 1.82) is 0 Å². The number of nitrogens with one attached hydrogen (secondary N) is 1. The highest BCUT2D eigenvalue weighted by Crippen LogP contribution is 2.31. The largest absolute Gasteiger partial charge is 0.381 e. The number of nitrogens with zero attached hydrogens (tertiary/aromatic N) is 3. The first-order chi connectivity index (χ1) is 14.5. The van der Waals surface area contributed by atoms with Gasteiger partial charge in [0.15, 0.2) is 5.13 Å². The molecule has 158 valence electrons. The van der Waals surface area contributed by atoms with Gasteiger partial charge in [0.05, 0.1) is 10.8 Å². The quantitative estimate of drug-likeness (QED) is 0.598. The molecule has 1 aliphatic heterocycles.